The molecule has 2 aliphatic rings. The summed E-state index contributed by atoms with van der Waals surface area (Å²) in [6.07, 6.45) is 1.01. The second kappa shape index (κ2) is 7.34. The van der Waals surface area contributed by atoms with Crippen LogP contribution in [0.25, 0.3) is 0 Å². The zero-order chi connectivity index (χ0) is 20.7. The fraction of sp³-hybridized carbons (Fsp3) is 0.160. The molecule has 3 aromatic carbocycles. The number of para-hydroxylation sites is 2. The smallest absolute Gasteiger partial charge is 0.163 e. The molecular formula is C25H21FN2O2. The van der Waals surface area contributed by atoms with Gasteiger partial charge < -0.3 is 15.7 Å². The standard InChI is InChI=1S/C25H21FN2O2/c26-18-10-8-15(9-11-18)17-13-22-24(23(30)14-17)25(16-4-3-5-19(29)12-16)28-21-7-2-1-6-20(21)27-22/h1-12,17,25,27-29H,13-14H2. The number of phenolic OH excluding ortho intramolecular Hbond substituents is 1. The minimum absolute atomic E-state index is 0.0144. The number of allylic oxidation sites excluding steroid dienone is 1. The molecule has 150 valence electrons. The topological polar surface area (TPSA) is 61.4 Å². The normalized spacial score (nSPS) is 20.5. The van der Waals surface area contributed by atoms with E-state index in [-0.39, 0.29) is 29.3 Å². The summed E-state index contributed by atoms with van der Waals surface area (Å²) in [4.78, 5) is 13.4. The third-order valence-electron chi connectivity index (χ3n) is 5.85. The van der Waals surface area contributed by atoms with Gasteiger partial charge in [-0.25, -0.2) is 4.39 Å². The molecule has 1 aliphatic heterocycles. The number of Topliss-reactive ketones (excluding diaryl/α,β-unsaturated/α-hetero) is 1. The van der Waals surface area contributed by atoms with Gasteiger partial charge in [0, 0.05) is 17.7 Å². The number of ketones is 1. The number of carbonyl (C=O) groups is 1. The fourth-order valence-electron chi connectivity index (χ4n) is 4.42. The maximum absolute atomic E-state index is 13.4. The van der Waals surface area contributed by atoms with Gasteiger partial charge in [-0.2, -0.15) is 0 Å². The molecule has 0 amide bonds. The van der Waals surface area contributed by atoms with Gasteiger partial charge >= 0.3 is 0 Å². The van der Waals surface area contributed by atoms with E-state index in [1.807, 2.05) is 30.3 Å². The van der Waals surface area contributed by atoms with Crippen LogP contribution < -0.4 is 10.6 Å². The van der Waals surface area contributed by atoms with Crippen molar-refractivity contribution in [3.63, 3.8) is 0 Å². The van der Waals surface area contributed by atoms with Crippen molar-refractivity contribution in [3.05, 3.63) is 101 Å². The van der Waals surface area contributed by atoms with E-state index < -0.39 is 0 Å². The summed E-state index contributed by atoms with van der Waals surface area (Å²) in [6.45, 7) is 0. The van der Waals surface area contributed by atoms with Gasteiger partial charge in [0.05, 0.1) is 17.4 Å². The molecule has 0 saturated heterocycles. The highest BCUT2D eigenvalue weighted by atomic mass is 19.1. The summed E-state index contributed by atoms with van der Waals surface area (Å²) in [6, 6.07) is 20.9. The number of fused-ring (bicyclic) bond motifs is 1. The van der Waals surface area contributed by atoms with Crippen molar-refractivity contribution in [3.8, 4) is 5.75 Å². The second-order valence-electron chi connectivity index (χ2n) is 7.82. The zero-order valence-electron chi connectivity index (χ0n) is 16.2. The number of hydrogen-bond donors (Lipinski definition) is 3. The van der Waals surface area contributed by atoms with E-state index in [9.17, 15) is 14.3 Å². The molecule has 0 radical (unpaired) electrons. The minimum atomic E-state index is -0.370. The Bertz CT molecular complexity index is 1150. The van der Waals surface area contributed by atoms with Crippen LogP contribution in [0.15, 0.2) is 84.1 Å². The van der Waals surface area contributed by atoms with Crippen molar-refractivity contribution in [1.82, 2.24) is 0 Å². The molecule has 1 aliphatic carbocycles. The monoisotopic (exact) mass is 400 g/mol. The third kappa shape index (κ3) is 3.32. The summed E-state index contributed by atoms with van der Waals surface area (Å²) in [5.41, 5.74) is 5.14. The van der Waals surface area contributed by atoms with Crippen LogP contribution in [0.1, 0.15) is 35.9 Å². The van der Waals surface area contributed by atoms with E-state index >= 15 is 0 Å². The van der Waals surface area contributed by atoms with Crippen LogP contribution in [-0.4, -0.2) is 10.9 Å². The number of phenols is 1. The highest BCUT2D eigenvalue weighted by Crippen LogP contribution is 2.44. The Morgan fingerprint density at radius 3 is 2.40 bits per heavy atom. The van der Waals surface area contributed by atoms with Gasteiger partial charge in [-0.3, -0.25) is 4.79 Å². The van der Waals surface area contributed by atoms with Crippen molar-refractivity contribution in [2.24, 2.45) is 0 Å². The number of halogens is 1. The molecule has 0 fully saturated rings. The van der Waals surface area contributed by atoms with E-state index in [0.717, 1.165) is 28.2 Å². The van der Waals surface area contributed by atoms with Gasteiger partial charge in [-0.1, -0.05) is 36.4 Å². The van der Waals surface area contributed by atoms with Crippen molar-refractivity contribution in [2.45, 2.75) is 24.8 Å². The summed E-state index contributed by atoms with van der Waals surface area (Å²) >= 11 is 0. The number of rotatable bonds is 2. The molecular weight excluding hydrogens is 379 g/mol. The van der Waals surface area contributed by atoms with E-state index in [0.29, 0.717) is 18.4 Å². The van der Waals surface area contributed by atoms with Crippen LogP contribution in [-0.2, 0) is 4.79 Å². The number of hydrogen-bond acceptors (Lipinski definition) is 4. The van der Waals surface area contributed by atoms with Crippen LogP contribution in [0.2, 0.25) is 0 Å². The van der Waals surface area contributed by atoms with Crippen molar-refractivity contribution in [2.75, 3.05) is 10.6 Å². The molecule has 3 aromatic rings. The Labute approximate surface area is 174 Å². The molecule has 0 bridgehead atoms. The third-order valence-corrected chi connectivity index (χ3v) is 5.85. The largest absolute Gasteiger partial charge is 0.508 e. The summed E-state index contributed by atoms with van der Waals surface area (Å²) in [5.74, 6) is -0.0870. The predicted molar refractivity (Wildman–Crippen MR) is 115 cm³/mol. The predicted octanol–water partition coefficient (Wildman–Crippen LogP) is 5.51. The molecule has 0 aromatic heterocycles. The quantitative estimate of drug-likeness (QED) is 0.531. The highest BCUT2D eigenvalue weighted by Gasteiger charge is 2.36. The molecule has 1 heterocycles. The number of nitrogens with one attached hydrogen (secondary N) is 2. The Balaban J connectivity index is 1.61. The zero-order valence-corrected chi connectivity index (χ0v) is 16.2. The Morgan fingerprint density at radius 2 is 1.63 bits per heavy atom. The van der Waals surface area contributed by atoms with Crippen molar-refractivity contribution in [1.29, 1.82) is 0 Å². The lowest BCUT2D eigenvalue weighted by Gasteiger charge is -2.30. The lowest BCUT2D eigenvalue weighted by atomic mass is 9.78. The first-order valence-electron chi connectivity index (χ1n) is 10.0. The van der Waals surface area contributed by atoms with Gasteiger partial charge in [0.1, 0.15) is 11.6 Å². The SMILES string of the molecule is O=C1CC(c2ccc(F)cc2)CC2=C1C(c1cccc(O)c1)Nc1ccccc1N2. The van der Waals surface area contributed by atoms with E-state index in [2.05, 4.69) is 10.6 Å². The summed E-state index contributed by atoms with van der Waals surface area (Å²) < 4.78 is 13.4. The van der Waals surface area contributed by atoms with E-state index in [4.69, 9.17) is 0 Å². The number of anilines is 2. The lowest BCUT2D eigenvalue weighted by Crippen LogP contribution is -2.26. The Morgan fingerprint density at radius 1 is 0.867 bits per heavy atom. The van der Waals surface area contributed by atoms with Crippen LogP contribution in [0.3, 0.4) is 0 Å². The molecule has 30 heavy (non-hydrogen) atoms. The van der Waals surface area contributed by atoms with Gasteiger partial charge in [-0.15, -0.1) is 0 Å². The van der Waals surface area contributed by atoms with Crippen LogP contribution >= 0.6 is 0 Å². The first-order chi connectivity index (χ1) is 14.6. The molecule has 0 spiro atoms. The molecule has 4 nitrogen and oxygen atoms in total. The fourth-order valence-corrected chi connectivity index (χ4v) is 4.42. The van der Waals surface area contributed by atoms with Gasteiger partial charge in [0.2, 0.25) is 0 Å². The maximum atomic E-state index is 13.4. The molecule has 5 heteroatoms. The molecule has 0 saturated carbocycles. The second-order valence-corrected chi connectivity index (χ2v) is 7.82. The summed E-state index contributed by atoms with van der Waals surface area (Å²) in [5, 5.41) is 17.0. The highest BCUT2D eigenvalue weighted by molar-refractivity contribution is 6.01. The lowest BCUT2D eigenvalue weighted by molar-refractivity contribution is -0.116. The van der Waals surface area contributed by atoms with E-state index in [1.165, 1.54) is 12.1 Å². The molecule has 2 unspecified atom stereocenters. The van der Waals surface area contributed by atoms with Crippen molar-refractivity contribution >= 4 is 17.2 Å². The Hall–Kier alpha value is -3.60. The first-order valence-corrected chi connectivity index (χ1v) is 10.0. The van der Waals surface area contributed by atoms with Gasteiger partial charge in [0.15, 0.2) is 5.78 Å². The maximum Gasteiger partial charge on any atom is 0.163 e. The average molecular weight is 400 g/mol. The number of aromatic hydroxyl groups is 1. The van der Waals surface area contributed by atoms with Crippen LogP contribution in [0.4, 0.5) is 15.8 Å². The summed E-state index contributed by atoms with van der Waals surface area (Å²) in [7, 11) is 0. The van der Waals surface area contributed by atoms with E-state index in [1.54, 1.807) is 30.3 Å². The number of carbonyl (C=O) groups excluding carboxylic acids is 1. The van der Waals surface area contributed by atoms with Gasteiger partial charge in [0.25, 0.3) is 0 Å². The molecule has 3 N–H and O–H groups in total. The van der Waals surface area contributed by atoms with Crippen LogP contribution in [0, 0.1) is 5.82 Å². The van der Waals surface area contributed by atoms with Gasteiger partial charge in [-0.05, 0) is 59.9 Å². The van der Waals surface area contributed by atoms with Crippen molar-refractivity contribution < 1.29 is 14.3 Å². The number of benzene rings is 3. The average Bonchev–Trinajstić information content (AvgIpc) is 2.91. The molecule has 5 rings (SSSR count). The first kappa shape index (κ1) is 18.4. The van der Waals surface area contributed by atoms with Crippen LogP contribution in [0.5, 0.6) is 5.75 Å². The Kier molecular flexibility index (Phi) is 4.51. The minimum Gasteiger partial charge on any atom is -0.508 e. The molecule has 2 atom stereocenters.